The lowest BCUT2D eigenvalue weighted by Gasteiger charge is -2.31. The predicted molar refractivity (Wildman–Crippen MR) is 151 cm³/mol. The maximum atomic E-state index is 14.6. The van der Waals surface area contributed by atoms with Gasteiger partial charge in [-0.3, -0.25) is 9.59 Å². The molecule has 0 fully saturated rings. The van der Waals surface area contributed by atoms with Crippen LogP contribution in [0.3, 0.4) is 0 Å². The van der Waals surface area contributed by atoms with Crippen molar-refractivity contribution in [2.45, 2.75) is 44.5 Å². The van der Waals surface area contributed by atoms with Crippen molar-refractivity contribution in [3.8, 4) is 0 Å². The maximum Gasteiger partial charge on any atom is 0.243 e. The number of carbonyl (C=O) groups excluding carboxylic acids is 2. The minimum atomic E-state index is -0.781. The van der Waals surface area contributed by atoms with Crippen molar-refractivity contribution < 1.29 is 14.0 Å². The number of benzene rings is 3. The quantitative estimate of drug-likeness (QED) is 0.231. The molecule has 1 N–H and O–H groups in total. The Morgan fingerprint density at radius 2 is 1.70 bits per heavy atom. The molecule has 196 valence electrons. The van der Waals surface area contributed by atoms with Crippen LogP contribution in [0, 0.1) is 5.82 Å². The number of nitrogens with one attached hydrogen (secondary N) is 1. The average Bonchev–Trinajstić information content (AvgIpc) is 2.89. The molecular formula is C29H31Cl2FN2O2S. The fourth-order valence-electron chi connectivity index (χ4n) is 3.84. The molecular weight excluding hydrogens is 530 g/mol. The summed E-state index contributed by atoms with van der Waals surface area (Å²) in [5.74, 6) is -0.213. The number of thioether (sulfide) groups is 1. The van der Waals surface area contributed by atoms with Gasteiger partial charge in [0.05, 0.1) is 15.8 Å². The van der Waals surface area contributed by atoms with Gasteiger partial charge in [-0.1, -0.05) is 91.1 Å². The van der Waals surface area contributed by atoms with Crippen molar-refractivity contribution >= 4 is 46.8 Å². The Kier molecular flexibility index (Phi) is 11.8. The molecule has 8 heteroatoms. The average molecular weight is 562 g/mol. The number of rotatable bonds is 13. The summed E-state index contributed by atoms with van der Waals surface area (Å²) in [6, 6.07) is 20.5. The first-order chi connectivity index (χ1) is 17.9. The molecule has 4 nitrogen and oxygen atoms in total. The Labute approximate surface area is 232 Å². The Hall–Kier alpha value is -2.54. The summed E-state index contributed by atoms with van der Waals surface area (Å²) in [6.45, 7) is 2.57. The molecule has 0 heterocycles. The van der Waals surface area contributed by atoms with Crippen molar-refractivity contribution in [1.82, 2.24) is 10.2 Å². The van der Waals surface area contributed by atoms with Gasteiger partial charge in [-0.15, -0.1) is 11.8 Å². The predicted octanol–water partition coefficient (Wildman–Crippen LogP) is 6.92. The number of unbranched alkanes of at least 4 members (excludes halogenated alkanes) is 1. The van der Waals surface area contributed by atoms with Crippen molar-refractivity contribution in [2.24, 2.45) is 0 Å². The van der Waals surface area contributed by atoms with Crippen LogP contribution in [-0.4, -0.2) is 35.1 Å². The summed E-state index contributed by atoms with van der Waals surface area (Å²) in [4.78, 5) is 28.5. The van der Waals surface area contributed by atoms with E-state index in [2.05, 4.69) is 5.32 Å². The zero-order valence-electron chi connectivity index (χ0n) is 20.8. The molecule has 0 saturated heterocycles. The third-order valence-corrected chi connectivity index (χ3v) is 7.61. The number of nitrogens with zero attached hydrogens (tertiary/aromatic N) is 1. The number of hydrogen-bond donors (Lipinski definition) is 1. The highest BCUT2D eigenvalue weighted by atomic mass is 35.5. The third kappa shape index (κ3) is 9.06. The Morgan fingerprint density at radius 3 is 2.41 bits per heavy atom. The van der Waals surface area contributed by atoms with Crippen molar-refractivity contribution in [1.29, 1.82) is 0 Å². The highest BCUT2D eigenvalue weighted by molar-refractivity contribution is 7.99. The summed E-state index contributed by atoms with van der Waals surface area (Å²) in [5.41, 5.74) is 2.23. The third-order valence-electron chi connectivity index (χ3n) is 5.88. The molecule has 0 radical (unpaired) electrons. The van der Waals surface area contributed by atoms with Gasteiger partial charge in [0.1, 0.15) is 11.9 Å². The van der Waals surface area contributed by atoms with Crippen molar-refractivity contribution in [3.05, 3.63) is 105 Å². The first-order valence-electron chi connectivity index (χ1n) is 12.2. The molecule has 0 aliphatic carbocycles. The van der Waals surface area contributed by atoms with E-state index in [0.717, 1.165) is 24.0 Å². The van der Waals surface area contributed by atoms with Gasteiger partial charge in [0, 0.05) is 30.8 Å². The van der Waals surface area contributed by atoms with Crippen LogP contribution >= 0.6 is 35.0 Å². The lowest BCUT2D eigenvalue weighted by molar-refractivity contribution is -0.139. The molecule has 0 aliphatic rings. The number of halogens is 3. The molecule has 0 aliphatic heterocycles. The smallest absolute Gasteiger partial charge is 0.243 e. The first kappa shape index (κ1) is 29.0. The lowest BCUT2D eigenvalue weighted by Crippen LogP contribution is -2.51. The van der Waals surface area contributed by atoms with E-state index < -0.39 is 11.9 Å². The van der Waals surface area contributed by atoms with Crippen molar-refractivity contribution in [3.63, 3.8) is 0 Å². The molecule has 1 unspecified atom stereocenters. The fraction of sp³-hybridized carbons (Fsp3) is 0.310. The Morgan fingerprint density at radius 1 is 0.973 bits per heavy atom. The van der Waals surface area contributed by atoms with E-state index in [4.69, 9.17) is 23.2 Å². The van der Waals surface area contributed by atoms with E-state index in [1.807, 2.05) is 43.3 Å². The van der Waals surface area contributed by atoms with Gasteiger partial charge >= 0.3 is 0 Å². The fourth-order valence-corrected chi connectivity index (χ4v) is 5.02. The summed E-state index contributed by atoms with van der Waals surface area (Å²) in [5, 5.41) is 3.90. The molecule has 0 spiro atoms. The summed E-state index contributed by atoms with van der Waals surface area (Å²) < 4.78 is 14.6. The zero-order chi connectivity index (χ0) is 26.6. The number of amides is 2. The van der Waals surface area contributed by atoms with Crippen LogP contribution in [0.1, 0.15) is 36.5 Å². The molecule has 3 rings (SSSR count). The summed E-state index contributed by atoms with van der Waals surface area (Å²) in [7, 11) is 0. The van der Waals surface area contributed by atoms with Gasteiger partial charge in [0.2, 0.25) is 11.8 Å². The van der Waals surface area contributed by atoms with Crippen LogP contribution in [0.5, 0.6) is 0 Å². The summed E-state index contributed by atoms with van der Waals surface area (Å²) >= 11 is 13.5. The molecule has 0 bridgehead atoms. The maximum absolute atomic E-state index is 14.6. The second-order valence-corrected chi connectivity index (χ2v) is 10.5. The van der Waals surface area contributed by atoms with Gasteiger partial charge in [-0.05, 0) is 35.7 Å². The minimum absolute atomic E-state index is 0.00244. The molecule has 37 heavy (non-hydrogen) atoms. The van der Waals surface area contributed by atoms with E-state index in [0.29, 0.717) is 34.3 Å². The number of carbonyl (C=O) groups is 2. The first-order valence-corrected chi connectivity index (χ1v) is 14.2. The van der Waals surface area contributed by atoms with E-state index in [9.17, 15) is 14.0 Å². The Balaban J connectivity index is 1.83. The highest BCUT2D eigenvalue weighted by Crippen LogP contribution is 2.25. The van der Waals surface area contributed by atoms with E-state index in [-0.39, 0.29) is 24.1 Å². The monoisotopic (exact) mass is 560 g/mol. The molecule has 1 atom stereocenters. The van der Waals surface area contributed by atoms with Crippen molar-refractivity contribution in [2.75, 3.05) is 12.3 Å². The second-order valence-electron chi connectivity index (χ2n) is 8.70. The van der Waals surface area contributed by atoms with E-state index in [1.54, 1.807) is 30.3 Å². The van der Waals surface area contributed by atoms with Gasteiger partial charge in [-0.2, -0.15) is 0 Å². The van der Waals surface area contributed by atoms with Crippen LogP contribution in [-0.2, 0) is 28.3 Å². The molecule has 0 aromatic heterocycles. The molecule has 3 aromatic carbocycles. The molecule has 3 aromatic rings. The zero-order valence-corrected chi connectivity index (χ0v) is 23.1. The normalized spacial score (nSPS) is 11.7. The lowest BCUT2D eigenvalue weighted by atomic mass is 10.0. The van der Waals surface area contributed by atoms with E-state index >= 15 is 0 Å². The van der Waals surface area contributed by atoms with Gasteiger partial charge < -0.3 is 10.2 Å². The van der Waals surface area contributed by atoms with Gasteiger partial charge in [0.25, 0.3) is 0 Å². The standard InChI is InChI=1S/C29H31Cl2FN2O2S/c1-2-3-15-33-29(36)27(17-21-9-5-4-6-10-21)34(18-23-11-7-8-12-26(23)32)28(35)20-37-19-22-13-14-24(30)25(31)16-22/h4-14,16,27H,2-3,15,17-20H2,1H3,(H,33,36). The van der Waals surface area contributed by atoms with Gasteiger partial charge in [0.15, 0.2) is 0 Å². The van der Waals surface area contributed by atoms with Crippen LogP contribution in [0.15, 0.2) is 72.8 Å². The highest BCUT2D eigenvalue weighted by Gasteiger charge is 2.30. The largest absolute Gasteiger partial charge is 0.354 e. The molecule has 2 amide bonds. The van der Waals surface area contributed by atoms with Gasteiger partial charge in [-0.25, -0.2) is 4.39 Å². The van der Waals surface area contributed by atoms with Crippen LogP contribution in [0.25, 0.3) is 0 Å². The Bertz CT molecular complexity index is 1180. The second kappa shape index (κ2) is 15.0. The summed E-state index contributed by atoms with van der Waals surface area (Å²) in [6.07, 6.45) is 2.11. The van der Waals surface area contributed by atoms with Crippen LogP contribution < -0.4 is 5.32 Å². The minimum Gasteiger partial charge on any atom is -0.354 e. The number of hydrogen-bond acceptors (Lipinski definition) is 3. The van der Waals surface area contributed by atoms with Crippen LogP contribution in [0.2, 0.25) is 10.0 Å². The topological polar surface area (TPSA) is 49.4 Å². The molecule has 0 saturated carbocycles. The van der Waals surface area contributed by atoms with E-state index in [1.165, 1.54) is 22.7 Å². The van der Waals surface area contributed by atoms with Crippen LogP contribution in [0.4, 0.5) is 4.39 Å². The SMILES string of the molecule is CCCCNC(=O)C(Cc1ccccc1)N(Cc1ccccc1F)C(=O)CSCc1ccc(Cl)c(Cl)c1.